The van der Waals surface area contributed by atoms with Crippen molar-refractivity contribution in [1.82, 2.24) is 4.98 Å². The maximum Gasteiger partial charge on any atom is 0.422 e. The van der Waals surface area contributed by atoms with E-state index in [1.165, 1.54) is 24.4 Å². The fourth-order valence-electron chi connectivity index (χ4n) is 1.78. The van der Waals surface area contributed by atoms with Gasteiger partial charge in [-0.1, -0.05) is 35.3 Å². The number of alkyl halides is 3. The van der Waals surface area contributed by atoms with Crippen LogP contribution in [-0.2, 0) is 6.18 Å². The van der Waals surface area contributed by atoms with Gasteiger partial charge >= 0.3 is 6.18 Å². The molecule has 2 rings (SSSR count). The second-order valence-corrected chi connectivity index (χ2v) is 4.62. The van der Waals surface area contributed by atoms with Crippen molar-refractivity contribution in [3.63, 3.8) is 0 Å². The highest BCUT2D eigenvalue weighted by Gasteiger charge is 2.38. The van der Waals surface area contributed by atoms with Crippen molar-refractivity contribution in [2.24, 2.45) is 0 Å². The first-order valence-electron chi connectivity index (χ1n) is 5.41. The Labute approximate surface area is 123 Å². The van der Waals surface area contributed by atoms with E-state index in [1.54, 1.807) is 0 Å². The molecule has 0 spiro atoms. The topological polar surface area (TPSA) is 22.1 Å². The first-order chi connectivity index (χ1) is 9.36. The average Bonchev–Trinajstić information content (AvgIpc) is 2.40. The summed E-state index contributed by atoms with van der Waals surface area (Å²) in [5.41, 5.74) is -1.19. The lowest BCUT2D eigenvalue weighted by molar-refractivity contribution is -0.138. The van der Waals surface area contributed by atoms with Crippen LogP contribution in [0.4, 0.5) is 13.2 Å². The van der Waals surface area contributed by atoms with E-state index in [2.05, 4.69) is 4.98 Å². The number of aromatic nitrogens is 1. The smallest absolute Gasteiger partial charge is 0.422 e. The highest BCUT2D eigenvalue weighted by Crippen LogP contribution is 2.44. The maximum absolute atomic E-state index is 13.2. The second kappa shape index (κ2) is 5.50. The van der Waals surface area contributed by atoms with E-state index >= 15 is 0 Å². The predicted molar refractivity (Wildman–Crippen MR) is 71.2 cm³/mol. The van der Waals surface area contributed by atoms with Gasteiger partial charge in [0.2, 0.25) is 0 Å². The number of nitrogens with zero attached hydrogens (tertiary/aromatic N) is 1. The minimum Gasteiger partial charge on any atom is -0.496 e. The average molecular weight is 322 g/mol. The van der Waals surface area contributed by atoms with Gasteiger partial charge in [-0.2, -0.15) is 13.2 Å². The minimum absolute atomic E-state index is 0.0143. The quantitative estimate of drug-likeness (QED) is 0.769. The Hall–Kier alpha value is -1.46. The third-order valence-corrected chi connectivity index (χ3v) is 3.44. The number of benzene rings is 1. The summed E-state index contributed by atoms with van der Waals surface area (Å²) in [6, 6.07) is 5.56. The van der Waals surface area contributed by atoms with E-state index in [1.807, 2.05) is 0 Å². The fraction of sp³-hybridized carbons (Fsp3) is 0.154. The Morgan fingerprint density at radius 1 is 1.15 bits per heavy atom. The SMILES string of the molecule is COc1ccnc(-c2cccc(Cl)c2Cl)c1C(F)(F)F. The lowest BCUT2D eigenvalue weighted by Crippen LogP contribution is -2.11. The molecule has 0 N–H and O–H groups in total. The maximum atomic E-state index is 13.2. The van der Waals surface area contributed by atoms with Crippen molar-refractivity contribution in [2.45, 2.75) is 6.18 Å². The first kappa shape index (κ1) is 14.9. The molecule has 7 heteroatoms. The molecule has 0 radical (unpaired) electrons. The van der Waals surface area contributed by atoms with E-state index in [9.17, 15) is 13.2 Å². The molecule has 2 nitrogen and oxygen atoms in total. The largest absolute Gasteiger partial charge is 0.496 e. The third kappa shape index (κ3) is 2.69. The van der Waals surface area contributed by atoms with Gasteiger partial charge in [-0.25, -0.2) is 0 Å². The molecule has 2 aromatic rings. The zero-order valence-electron chi connectivity index (χ0n) is 10.1. The van der Waals surface area contributed by atoms with Crippen LogP contribution in [0.5, 0.6) is 5.75 Å². The summed E-state index contributed by atoms with van der Waals surface area (Å²) in [6.45, 7) is 0. The normalized spacial score (nSPS) is 11.5. The summed E-state index contributed by atoms with van der Waals surface area (Å²) in [5.74, 6) is -0.321. The van der Waals surface area contributed by atoms with E-state index in [0.717, 1.165) is 13.2 Å². The number of pyridine rings is 1. The summed E-state index contributed by atoms with van der Waals surface area (Å²) in [6.07, 6.45) is -3.40. The summed E-state index contributed by atoms with van der Waals surface area (Å²) < 4.78 is 44.4. The number of halogens is 5. The number of methoxy groups -OCH3 is 1. The first-order valence-corrected chi connectivity index (χ1v) is 6.16. The van der Waals surface area contributed by atoms with Gasteiger partial charge in [0.05, 0.1) is 22.8 Å². The molecule has 0 unspecified atom stereocenters. The van der Waals surface area contributed by atoms with Gasteiger partial charge in [0.25, 0.3) is 0 Å². The van der Waals surface area contributed by atoms with Crippen LogP contribution in [0.2, 0.25) is 10.0 Å². The molecule has 0 saturated heterocycles. The standard InChI is InChI=1S/C13H8Cl2F3NO/c1-20-9-5-6-19-12(10(9)13(16,17)18)7-3-2-4-8(14)11(7)15/h2-6H,1H3. The van der Waals surface area contributed by atoms with Gasteiger partial charge in [-0.05, 0) is 12.1 Å². The van der Waals surface area contributed by atoms with Gasteiger partial charge in [0.1, 0.15) is 11.3 Å². The summed E-state index contributed by atoms with van der Waals surface area (Å²) in [4.78, 5) is 3.78. The highest BCUT2D eigenvalue weighted by atomic mass is 35.5. The Balaban J connectivity index is 2.78. The fourth-order valence-corrected chi connectivity index (χ4v) is 2.17. The van der Waals surface area contributed by atoms with Gasteiger partial charge < -0.3 is 4.74 Å². The summed E-state index contributed by atoms with van der Waals surface area (Å²) in [5, 5.41) is 0.169. The molecule has 0 aliphatic rings. The minimum atomic E-state index is -4.62. The molecule has 20 heavy (non-hydrogen) atoms. The Morgan fingerprint density at radius 3 is 2.45 bits per heavy atom. The van der Waals surface area contributed by atoms with Crippen LogP contribution in [-0.4, -0.2) is 12.1 Å². The van der Waals surface area contributed by atoms with Crippen molar-refractivity contribution >= 4 is 23.2 Å². The molecule has 1 aromatic carbocycles. The number of rotatable bonds is 2. The summed E-state index contributed by atoms with van der Waals surface area (Å²) >= 11 is 11.8. The van der Waals surface area contributed by atoms with Gasteiger partial charge in [-0.3, -0.25) is 4.98 Å². The predicted octanol–water partition coefficient (Wildman–Crippen LogP) is 5.08. The Kier molecular flexibility index (Phi) is 4.11. The van der Waals surface area contributed by atoms with E-state index in [4.69, 9.17) is 27.9 Å². The van der Waals surface area contributed by atoms with E-state index in [0.29, 0.717) is 0 Å². The van der Waals surface area contributed by atoms with Gasteiger partial charge in [-0.15, -0.1) is 0 Å². The van der Waals surface area contributed by atoms with Crippen LogP contribution in [0.3, 0.4) is 0 Å². The molecule has 106 valence electrons. The van der Waals surface area contributed by atoms with Crippen molar-refractivity contribution < 1.29 is 17.9 Å². The highest BCUT2D eigenvalue weighted by molar-refractivity contribution is 6.43. The zero-order valence-corrected chi connectivity index (χ0v) is 11.6. The molecule has 0 aliphatic carbocycles. The van der Waals surface area contributed by atoms with Crippen molar-refractivity contribution in [2.75, 3.05) is 7.11 Å². The molecule has 0 atom stereocenters. The Morgan fingerprint density at radius 2 is 1.85 bits per heavy atom. The Bertz CT molecular complexity index is 644. The monoisotopic (exact) mass is 321 g/mol. The van der Waals surface area contributed by atoms with Crippen LogP contribution >= 0.6 is 23.2 Å². The van der Waals surface area contributed by atoms with Crippen LogP contribution in [0.1, 0.15) is 5.56 Å². The van der Waals surface area contributed by atoms with Crippen molar-refractivity contribution in [1.29, 1.82) is 0 Å². The molecule has 0 bridgehead atoms. The number of ether oxygens (including phenoxy) is 1. The van der Waals surface area contributed by atoms with Crippen LogP contribution in [0.15, 0.2) is 30.5 Å². The van der Waals surface area contributed by atoms with E-state index in [-0.39, 0.29) is 27.1 Å². The zero-order chi connectivity index (χ0) is 14.9. The molecular weight excluding hydrogens is 314 g/mol. The molecule has 0 amide bonds. The molecule has 1 heterocycles. The molecule has 1 aromatic heterocycles. The summed E-state index contributed by atoms with van der Waals surface area (Å²) in [7, 11) is 1.16. The van der Waals surface area contributed by atoms with Crippen LogP contribution < -0.4 is 4.74 Å². The lowest BCUT2D eigenvalue weighted by atomic mass is 10.0. The van der Waals surface area contributed by atoms with Crippen molar-refractivity contribution in [3.8, 4) is 17.0 Å². The number of hydrogen-bond donors (Lipinski definition) is 0. The molecule has 0 aliphatic heterocycles. The molecular formula is C13H8Cl2F3NO. The second-order valence-electron chi connectivity index (χ2n) is 3.84. The van der Waals surface area contributed by atoms with Gasteiger partial charge in [0.15, 0.2) is 0 Å². The van der Waals surface area contributed by atoms with Gasteiger partial charge in [0, 0.05) is 11.8 Å². The van der Waals surface area contributed by atoms with Crippen molar-refractivity contribution in [3.05, 3.63) is 46.1 Å². The van der Waals surface area contributed by atoms with Crippen LogP contribution in [0.25, 0.3) is 11.3 Å². The van der Waals surface area contributed by atoms with Crippen LogP contribution in [0, 0.1) is 0 Å². The van der Waals surface area contributed by atoms with E-state index < -0.39 is 11.7 Å². The molecule has 0 saturated carbocycles. The number of hydrogen-bond acceptors (Lipinski definition) is 2. The lowest BCUT2D eigenvalue weighted by Gasteiger charge is -2.16. The molecule has 0 fully saturated rings. The third-order valence-electron chi connectivity index (χ3n) is 2.62.